The molecule has 0 radical (unpaired) electrons. The quantitative estimate of drug-likeness (QED) is 0.228. The van der Waals surface area contributed by atoms with Crippen LogP contribution in [0.5, 0.6) is 5.75 Å². The van der Waals surface area contributed by atoms with Gasteiger partial charge in [-0.25, -0.2) is 4.79 Å². The highest BCUT2D eigenvalue weighted by atomic mass is 32.2. The normalized spacial score (nSPS) is 11.8. The lowest BCUT2D eigenvalue weighted by Crippen LogP contribution is -2.29. The second-order valence-electron chi connectivity index (χ2n) is 6.72. The summed E-state index contributed by atoms with van der Waals surface area (Å²) in [6.45, 7) is 1.42. The van der Waals surface area contributed by atoms with Gasteiger partial charge in [-0.3, -0.25) is 14.9 Å². The van der Waals surface area contributed by atoms with E-state index < -0.39 is 43.6 Å². The first-order valence-corrected chi connectivity index (χ1v) is 10.9. The van der Waals surface area contributed by atoms with Gasteiger partial charge in [0.15, 0.2) is 6.10 Å². The third-order valence-electron chi connectivity index (χ3n) is 4.31. The number of benzene rings is 3. The van der Waals surface area contributed by atoms with E-state index in [2.05, 4.69) is 5.32 Å². The van der Waals surface area contributed by atoms with Gasteiger partial charge in [0.25, 0.3) is 11.6 Å². The molecule has 1 amide bonds. The molecule has 0 fully saturated rings. The largest absolute Gasteiger partial charge is 0.449 e. The van der Waals surface area contributed by atoms with Crippen molar-refractivity contribution in [3.05, 3.63) is 94.5 Å². The van der Waals surface area contributed by atoms with Gasteiger partial charge < -0.3 is 14.2 Å². The molecule has 1 N–H and O–H groups in total. The molecule has 3 rings (SSSR count). The highest BCUT2D eigenvalue weighted by Gasteiger charge is 2.21. The van der Waals surface area contributed by atoms with Crippen molar-refractivity contribution < 1.29 is 31.9 Å². The Morgan fingerprint density at radius 2 is 1.64 bits per heavy atom. The Morgan fingerprint density at radius 1 is 0.970 bits per heavy atom. The van der Waals surface area contributed by atoms with Gasteiger partial charge in [0.1, 0.15) is 10.6 Å². The van der Waals surface area contributed by atoms with Gasteiger partial charge in [-0.1, -0.05) is 24.3 Å². The second-order valence-corrected chi connectivity index (χ2v) is 8.27. The van der Waals surface area contributed by atoms with Gasteiger partial charge in [-0.15, -0.1) is 0 Å². The maximum Gasteiger partial charge on any atom is 0.339 e. The molecule has 0 unspecified atom stereocenters. The van der Waals surface area contributed by atoms with Gasteiger partial charge in [-0.2, -0.15) is 8.42 Å². The van der Waals surface area contributed by atoms with Crippen LogP contribution >= 0.6 is 0 Å². The molecule has 0 spiro atoms. The van der Waals surface area contributed by atoms with Crippen molar-refractivity contribution in [1.82, 2.24) is 0 Å². The van der Waals surface area contributed by atoms with Crippen molar-refractivity contribution in [2.75, 3.05) is 5.32 Å². The van der Waals surface area contributed by atoms with Crippen molar-refractivity contribution in [2.24, 2.45) is 0 Å². The summed E-state index contributed by atoms with van der Waals surface area (Å²) in [5, 5.41) is 13.5. The molecule has 170 valence electrons. The van der Waals surface area contributed by atoms with Crippen molar-refractivity contribution in [3.8, 4) is 5.75 Å². The molecule has 11 heteroatoms. The van der Waals surface area contributed by atoms with Gasteiger partial charge in [0.05, 0.1) is 10.5 Å². The number of nitrogens with one attached hydrogen (secondary N) is 1. The molecule has 0 aliphatic heterocycles. The number of hydrogen-bond acceptors (Lipinski definition) is 8. The Kier molecular flexibility index (Phi) is 7.04. The Morgan fingerprint density at radius 3 is 2.27 bits per heavy atom. The molecule has 0 aromatic heterocycles. The number of nitrogens with zero attached hydrogens (tertiary/aromatic N) is 1. The molecule has 10 nitrogen and oxygen atoms in total. The van der Waals surface area contributed by atoms with Gasteiger partial charge in [-0.05, 0) is 49.4 Å². The first kappa shape index (κ1) is 23.4. The van der Waals surface area contributed by atoms with Gasteiger partial charge >= 0.3 is 16.1 Å². The van der Waals surface area contributed by atoms with Crippen LogP contribution in [0, 0.1) is 10.1 Å². The number of rotatable bonds is 8. The van der Waals surface area contributed by atoms with E-state index in [4.69, 9.17) is 8.92 Å². The predicted molar refractivity (Wildman–Crippen MR) is 117 cm³/mol. The number of anilines is 1. The molecule has 0 saturated heterocycles. The first-order valence-electron chi connectivity index (χ1n) is 9.51. The fraction of sp³-hybridized carbons (Fsp3) is 0.0909. The van der Waals surface area contributed by atoms with Crippen LogP contribution in [0.25, 0.3) is 0 Å². The maximum atomic E-state index is 12.4. The molecular formula is C22H18N2O8S. The number of carbonyl (C=O) groups is 2. The van der Waals surface area contributed by atoms with Crippen LogP contribution < -0.4 is 9.50 Å². The smallest absolute Gasteiger partial charge is 0.339 e. The zero-order valence-corrected chi connectivity index (χ0v) is 18.0. The molecule has 0 bridgehead atoms. The van der Waals surface area contributed by atoms with E-state index in [1.54, 1.807) is 30.3 Å². The van der Waals surface area contributed by atoms with E-state index in [0.717, 1.165) is 18.2 Å². The maximum absolute atomic E-state index is 12.4. The third kappa shape index (κ3) is 6.14. The average Bonchev–Trinajstić information content (AvgIpc) is 2.80. The molecule has 3 aromatic rings. The van der Waals surface area contributed by atoms with Crippen LogP contribution in [0.4, 0.5) is 11.4 Å². The lowest BCUT2D eigenvalue weighted by molar-refractivity contribution is -0.385. The van der Waals surface area contributed by atoms with Gasteiger partial charge in [0, 0.05) is 17.8 Å². The Hall–Kier alpha value is -4.25. The summed E-state index contributed by atoms with van der Waals surface area (Å²) in [6.07, 6.45) is -1.08. The Labute approximate surface area is 189 Å². The number of nitro groups is 1. The monoisotopic (exact) mass is 470 g/mol. The number of nitro benzene ring substituents is 1. The molecular weight excluding hydrogens is 452 g/mol. The molecule has 1 atom stereocenters. The van der Waals surface area contributed by atoms with E-state index in [0.29, 0.717) is 5.69 Å². The minimum Gasteiger partial charge on any atom is -0.449 e. The number of amides is 1. The summed E-state index contributed by atoms with van der Waals surface area (Å²) in [5.41, 5.74) is 0.217. The molecule has 0 saturated carbocycles. The summed E-state index contributed by atoms with van der Waals surface area (Å²) in [5.74, 6) is -1.43. The number of para-hydroxylation sites is 1. The van der Waals surface area contributed by atoms with Crippen LogP contribution in [0.2, 0.25) is 0 Å². The topological polar surface area (TPSA) is 142 Å². The SMILES string of the molecule is C[C@H](OC(=O)c1ccc(OS(=O)(=O)c2cccc([N+](=O)[O-])c2)cc1)C(=O)Nc1ccccc1. The van der Waals surface area contributed by atoms with E-state index in [1.165, 1.54) is 37.3 Å². The van der Waals surface area contributed by atoms with E-state index in [9.17, 15) is 28.1 Å². The van der Waals surface area contributed by atoms with E-state index in [1.807, 2.05) is 0 Å². The van der Waals surface area contributed by atoms with Crippen LogP contribution in [-0.4, -0.2) is 31.3 Å². The molecule has 3 aromatic carbocycles. The minimum absolute atomic E-state index is 0.0643. The zero-order chi connectivity index (χ0) is 24.0. The zero-order valence-electron chi connectivity index (χ0n) is 17.2. The van der Waals surface area contributed by atoms with Crippen LogP contribution in [0.1, 0.15) is 17.3 Å². The molecule has 0 heterocycles. The summed E-state index contributed by atoms with van der Waals surface area (Å²) in [4.78, 5) is 34.2. The number of esters is 1. The third-order valence-corrected chi connectivity index (χ3v) is 5.55. The summed E-state index contributed by atoms with van der Waals surface area (Å²) in [6, 6.07) is 18.1. The van der Waals surface area contributed by atoms with Crippen molar-refractivity contribution in [3.63, 3.8) is 0 Å². The number of carbonyl (C=O) groups excluding carboxylic acids is 2. The Bertz CT molecular complexity index is 1280. The lowest BCUT2D eigenvalue weighted by atomic mass is 10.2. The first-order chi connectivity index (χ1) is 15.7. The summed E-state index contributed by atoms with van der Waals surface area (Å²) in [7, 11) is -4.34. The van der Waals surface area contributed by atoms with E-state index >= 15 is 0 Å². The van der Waals surface area contributed by atoms with Crippen LogP contribution in [0.15, 0.2) is 83.8 Å². The van der Waals surface area contributed by atoms with Crippen LogP contribution in [0.3, 0.4) is 0 Å². The van der Waals surface area contributed by atoms with Gasteiger partial charge in [0.2, 0.25) is 0 Å². The molecule has 0 aliphatic rings. The fourth-order valence-electron chi connectivity index (χ4n) is 2.62. The average molecular weight is 470 g/mol. The Balaban J connectivity index is 1.63. The summed E-state index contributed by atoms with van der Waals surface area (Å²) >= 11 is 0. The standard InChI is InChI=1S/C22H18N2O8S/c1-15(21(25)23-17-6-3-2-4-7-17)31-22(26)16-10-12-19(13-11-16)32-33(29,30)20-9-5-8-18(14-20)24(27)28/h2-15H,1H3,(H,23,25)/t15-/m0/s1. The number of hydrogen-bond donors (Lipinski definition) is 1. The van der Waals surface area contributed by atoms with Crippen molar-refractivity contribution >= 4 is 33.4 Å². The van der Waals surface area contributed by atoms with Crippen LogP contribution in [-0.2, 0) is 19.6 Å². The summed E-state index contributed by atoms with van der Waals surface area (Å²) < 4.78 is 34.9. The second kappa shape index (κ2) is 9.92. The number of non-ortho nitro benzene ring substituents is 1. The number of ether oxygens (including phenoxy) is 1. The highest BCUT2D eigenvalue weighted by molar-refractivity contribution is 7.87. The van der Waals surface area contributed by atoms with E-state index in [-0.39, 0.29) is 11.3 Å². The highest BCUT2D eigenvalue weighted by Crippen LogP contribution is 2.22. The fourth-order valence-corrected chi connectivity index (χ4v) is 3.59. The predicted octanol–water partition coefficient (Wildman–Crippen LogP) is 3.55. The minimum atomic E-state index is -4.34. The molecule has 33 heavy (non-hydrogen) atoms. The lowest BCUT2D eigenvalue weighted by Gasteiger charge is -2.14. The molecule has 0 aliphatic carbocycles. The van der Waals surface area contributed by atoms with Crippen molar-refractivity contribution in [1.29, 1.82) is 0 Å². The van der Waals surface area contributed by atoms with Crippen molar-refractivity contribution in [2.45, 2.75) is 17.9 Å².